The first-order chi connectivity index (χ1) is 28.0. The topological polar surface area (TPSA) is 25.6 Å². The summed E-state index contributed by atoms with van der Waals surface area (Å²) in [5.74, 6) is 2.67. The van der Waals surface area contributed by atoms with E-state index in [2.05, 4.69) is 196 Å². The lowest BCUT2D eigenvalue weighted by atomic mass is 9.66. The fourth-order valence-electron chi connectivity index (χ4n) is 10.2. The molecule has 0 saturated heterocycles. The summed E-state index contributed by atoms with van der Waals surface area (Å²) in [6.45, 7) is 6.45. The lowest BCUT2D eigenvalue weighted by Crippen LogP contribution is -2.32. The highest BCUT2D eigenvalue weighted by atomic mass is 16.5. The summed E-state index contributed by atoms with van der Waals surface area (Å²) < 4.78 is 13.2. The summed E-state index contributed by atoms with van der Waals surface area (Å²) in [5.41, 5.74) is 13.3. The third-order valence-corrected chi connectivity index (χ3v) is 12.7. The molecule has 1 spiro atoms. The van der Waals surface area contributed by atoms with E-state index in [1.54, 1.807) is 0 Å². The highest BCUT2D eigenvalue weighted by Gasteiger charge is 2.51. The van der Waals surface area contributed by atoms with Crippen LogP contribution in [0.15, 0.2) is 174 Å². The van der Waals surface area contributed by atoms with Gasteiger partial charge in [0.1, 0.15) is 22.8 Å². The van der Waals surface area contributed by atoms with E-state index in [1.165, 1.54) is 65.7 Å². The molecule has 10 aromatic rings. The van der Waals surface area contributed by atoms with Gasteiger partial charge in [0.25, 0.3) is 0 Å². The molecule has 9 aromatic carbocycles. The maximum atomic E-state index is 6.64. The number of furan rings is 1. The smallest absolute Gasteiger partial charge is 0.136 e. The lowest BCUT2D eigenvalue weighted by Gasteiger charge is -2.39. The van der Waals surface area contributed by atoms with Crippen molar-refractivity contribution in [3.05, 3.63) is 209 Å². The van der Waals surface area contributed by atoms with Crippen LogP contribution in [0.4, 0.5) is 17.1 Å². The molecule has 1 aromatic heterocycles. The quantitative estimate of drug-likeness (QED) is 0.169. The zero-order valence-corrected chi connectivity index (χ0v) is 31.9. The van der Waals surface area contributed by atoms with Crippen molar-refractivity contribution in [2.24, 2.45) is 0 Å². The van der Waals surface area contributed by atoms with Gasteiger partial charge in [0, 0.05) is 27.9 Å². The summed E-state index contributed by atoms with van der Waals surface area (Å²) in [4.78, 5) is 2.43. The largest absolute Gasteiger partial charge is 0.459 e. The van der Waals surface area contributed by atoms with Gasteiger partial charge in [0.15, 0.2) is 0 Å². The Hall–Kier alpha value is -7.10. The molecule has 3 heteroatoms. The highest BCUT2D eigenvalue weighted by molar-refractivity contribution is 6.26. The van der Waals surface area contributed by atoms with Crippen LogP contribution in [0.3, 0.4) is 0 Å². The van der Waals surface area contributed by atoms with Crippen LogP contribution in [0.1, 0.15) is 39.1 Å². The molecular formula is C54H37NO2. The first kappa shape index (κ1) is 32.2. The van der Waals surface area contributed by atoms with Crippen molar-refractivity contribution in [2.75, 3.05) is 4.90 Å². The normalized spacial score (nSPS) is 13.5. The predicted octanol–water partition coefficient (Wildman–Crippen LogP) is 14.8. The van der Waals surface area contributed by atoms with Crippen LogP contribution < -0.4 is 9.64 Å². The molecule has 0 atom stereocenters. The first-order valence-corrected chi connectivity index (χ1v) is 19.8. The third-order valence-electron chi connectivity index (χ3n) is 12.7. The van der Waals surface area contributed by atoms with Crippen molar-refractivity contribution >= 4 is 60.3 Å². The van der Waals surface area contributed by atoms with Crippen molar-refractivity contribution in [3.63, 3.8) is 0 Å². The van der Waals surface area contributed by atoms with E-state index in [-0.39, 0.29) is 0 Å². The van der Waals surface area contributed by atoms with Gasteiger partial charge in [-0.3, -0.25) is 0 Å². The maximum Gasteiger partial charge on any atom is 0.136 e. The monoisotopic (exact) mass is 731 g/mol. The Kier molecular flexibility index (Phi) is 6.61. The summed E-state index contributed by atoms with van der Waals surface area (Å²) in [6, 6.07) is 62.2. The van der Waals surface area contributed by atoms with Crippen LogP contribution in [-0.4, -0.2) is 0 Å². The zero-order valence-electron chi connectivity index (χ0n) is 31.9. The van der Waals surface area contributed by atoms with E-state index in [1.807, 2.05) is 0 Å². The summed E-state index contributed by atoms with van der Waals surface area (Å²) in [7, 11) is 0. The molecule has 2 aliphatic rings. The number of para-hydroxylation sites is 2. The maximum absolute atomic E-state index is 6.64. The summed E-state index contributed by atoms with van der Waals surface area (Å²) in [5, 5.41) is 8.61. The molecule has 0 unspecified atom stereocenters. The Balaban J connectivity index is 1.16. The minimum Gasteiger partial charge on any atom is -0.459 e. The molecule has 0 saturated carbocycles. The van der Waals surface area contributed by atoms with Gasteiger partial charge in [-0.25, -0.2) is 0 Å². The zero-order chi connectivity index (χ0) is 38.0. The molecular weight excluding hydrogens is 695 g/mol. The van der Waals surface area contributed by atoms with Crippen molar-refractivity contribution in [1.29, 1.82) is 0 Å². The van der Waals surface area contributed by atoms with Crippen molar-refractivity contribution in [1.82, 2.24) is 0 Å². The van der Waals surface area contributed by atoms with Gasteiger partial charge in [-0.05, 0) is 135 Å². The lowest BCUT2D eigenvalue weighted by molar-refractivity contribution is 0.436. The fourth-order valence-corrected chi connectivity index (χ4v) is 10.2. The molecule has 0 N–H and O–H groups in total. The molecule has 270 valence electrons. The average Bonchev–Trinajstić information content (AvgIpc) is 3.72. The van der Waals surface area contributed by atoms with Crippen LogP contribution in [0.2, 0.25) is 0 Å². The second kappa shape index (κ2) is 11.7. The Morgan fingerprint density at radius 1 is 0.404 bits per heavy atom. The molecule has 0 radical (unpaired) electrons. The van der Waals surface area contributed by atoms with Crippen LogP contribution in [0, 0.1) is 20.8 Å². The fraction of sp³-hybridized carbons (Fsp3) is 0.0741. The number of fused-ring (bicyclic) bond motifs is 16. The third kappa shape index (κ3) is 4.31. The standard InChI is InChI=1S/C54H37NO2/c1-32-28-45-52(29-33(32)2)56-34(3)53(45)55(35-24-26-41-39-16-5-4-14-37(39)38-15-6-7-17-40(38)43(41)30-35)36-25-27-47-44(31-36)42-18-8-9-19-46(42)54(47)48-20-10-12-22-50(48)57-51-23-13-11-21-49(51)54/h4-31H,1-3H3. The SMILES string of the molecule is Cc1cc2oc(C)c(N(c3ccc4c(c3)-c3ccccc3C43c4ccccc4Oc4ccccc43)c3ccc4c5ccccc5c5ccccc5c4c3)c2cc1C. The number of benzene rings is 9. The molecule has 1 aliphatic carbocycles. The highest BCUT2D eigenvalue weighted by Crippen LogP contribution is 2.62. The van der Waals surface area contributed by atoms with E-state index >= 15 is 0 Å². The minimum absolute atomic E-state index is 0.531. The van der Waals surface area contributed by atoms with Gasteiger partial charge >= 0.3 is 0 Å². The second-order valence-electron chi connectivity index (χ2n) is 15.7. The second-order valence-corrected chi connectivity index (χ2v) is 15.7. The Morgan fingerprint density at radius 2 is 0.912 bits per heavy atom. The van der Waals surface area contributed by atoms with Crippen molar-refractivity contribution in [3.8, 4) is 22.6 Å². The molecule has 0 fully saturated rings. The van der Waals surface area contributed by atoms with Gasteiger partial charge in [0.05, 0.1) is 11.1 Å². The number of nitrogens with zero attached hydrogens (tertiary/aromatic N) is 1. The number of hydrogen-bond donors (Lipinski definition) is 0. The number of rotatable bonds is 3. The van der Waals surface area contributed by atoms with E-state index in [0.29, 0.717) is 0 Å². The number of aryl methyl sites for hydroxylation is 3. The van der Waals surface area contributed by atoms with Gasteiger partial charge in [-0.15, -0.1) is 0 Å². The molecule has 0 bridgehead atoms. The number of anilines is 3. The Labute approximate surface area is 331 Å². The van der Waals surface area contributed by atoms with Crippen LogP contribution >= 0.6 is 0 Å². The number of ether oxygens (including phenoxy) is 1. The first-order valence-electron chi connectivity index (χ1n) is 19.8. The average molecular weight is 732 g/mol. The van der Waals surface area contributed by atoms with Crippen molar-refractivity contribution < 1.29 is 9.15 Å². The summed E-state index contributed by atoms with van der Waals surface area (Å²) >= 11 is 0. The minimum atomic E-state index is -0.531. The van der Waals surface area contributed by atoms with Crippen molar-refractivity contribution in [2.45, 2.75) is 26.2 Å². The summed E-state index contributed by atoms with van der Waals surface area (Å²) in [6.07, 6.45) is 0. The molecule has 57 heavy (non-hydrogen) atoms. The van der Waals surface area contributed by atoms with Gasteiger partial charge < -0.3 is 14.1 Å². The van der Waals surface area contributed by atoms with Crippen LogP contribution in [-0.2, 0) is 5.41 Å². The van der Waals surface area contributed by atoms with Gasteiger partial charge in [-0.1, -0.05) is 121 Å². The molecule has 2 heterocycles. The molecule has 12 rings (SSSR count). The van der Waals surface area contributed by atoms with E-state index in [4.69, 9.17) is 9.15 Å². The van der Waals surface area contributed by atoms with E-state index in [9.17, 15) is 0 Å². The molecule has 3 nitrogen and oxygen atoms in total. The predicted molar refractivity (Wildman–Crippen MR) is 235 cm³/mol. The van der Waals surface area contributed by atoms with Gasteiger partial charge in [-0.2, -0.15) is 0 Å². The van der Waals surface area contributed by atoms with Crippen LogP contribution in [0.25, 0.3) is 54.4 Å². The molecule has 1 aliphatic heterocycles. The van der Waals surface area contributed by atoms with Gasteiger partial charge in [0.2, 0.25) is 0 Å². The molecule has 0 amide bonds. The van der Waals surface area contributed by atoms with E-state index < -0.39 is 5.41 Å². The Morgan fingerprint density at radius 3 is 1.60 bits per heavy atom. The Bertz CT molecular complexity index is 3250. The van der Waals surface area contributed by atoms with Crippen LogP contribution in [0.5, 0.6) is 11.5 Å². The van der Waals surface area contributed by atoms with E-state index in [0.717, 1.165) is 56.4 Å². The number of hydrogen-bond acceptors (Lipinski definition) is 3.